The van der Waals surface area contributed by atoms with Gasteiger partial charge in [0.2, 0.25) is 0 Å². The van der Waals surface area contributed by atoms with Crippen molar-refractivity contribution in [1.29, 1.82) is 0 Å². The molecule has 0 radical (unpaired) electrons. The fourth-order valence-electron chi connectivity index (χ4n) is 2.73. The quantitative estimate of drug-likeness (QED) is 0.241. The van der Waals surface area contributed by atoms with E-state index in [4.69, 9.17) is 9.47 Å². The van der Waals surface area contributed by atoms with Crippen LogP contribution < -0.4 is 0 Å². The predicted octanol–water partition coefficient (Wildman–Crippen LogP) is 6.19. The Hall–Kier alpha value is -0.120. The second kappa shape index (κ2) is 16.7. The summed E-state index contributed by atoms with van der Waals surface area (Å²) in [5.74, 6) is -1.36. The first-order chi connectivity index (χ1) is 11.2. The average molecular weight is 331 g/mol. The molecule has 0 fully saturated rings. The third kappa shape index (κ3) is 15.2. The fourth-order valence-corrected chi connectivity index (χ4v) is 2.73. The van der Waals surface area contributed by atoms with Gasteiger partial charge in [0.25, 0.3) is 5.97 Å². The van der Waals surface area contributed by atoms with Gasteiger partial charge in [-0.3, -0.25) is 0 Å². The fraction of sp³-hybridized carbons (Fsp3) is 1.00. The van der Waals surface area contributed by atoms with E-state index in [2.05, 4.69) is 13.8 Å². The summed E-state index contributed by atoms with van der Waals surface area (Å²) in [6.07, 6.45) is 16.1. The molecule has 0 atom stereocenters. The molecular formula is C20H42O3. The van der Waals surface area contributed by atoms with Crippen LogP contribution in [0, 0.1) is 0 Å². The van der Waals surface area contributed by atoms with Gasteiger partial charge >= 0.3 is 0 Å². The molecule has 0 saturated carbocycles. The lowest BCUT2D eigenvalue weighted by atomic mass is 10.1. The molecule has 0 aliphatic rings. The number of aliphatic hydroxyl groups is 1. The van der Waals surface area contributed by atoms with E-state index in [0.29, 0.717) is 19.6 Å². The lowest BCUT2D eigenvalue weighted by Crippen LogP contribution is -2.36. The van der Waals surface area contributed by atoms with E-state index in [1.807, 2.05) is 6.92 Å². The van der Waals surface area contributed by atoms with Gasteiger partial charge in [0.05, 0.1) is 13.2 Å². The summed E-state index contributed by atoms with van der Waals surface area (Å²) in [7, 11) is 0. The molecule has 0 amide bonds. The van der Waals surface area contributed by atoms with Crippen molar-refractivity contribution in [2.24, 2.45) is 0 Å². The molecule has 0 aromatic carbocycles. The van der Waals surface area contributed by atoms with Crippen LogP contribution >= 0.6 is 0 Å². The first kappa shape index (κ1) is 22.9. The van der Waals surface area contributed by atoms with Crippen LogP contribution in [-0.4, -0.2) is 24.3 Å². The van der Waals surface area contributed by atoms with Gasteiger partial charge in [0, 0.05) is 6.42 Å². The van der Waals surface area contributed by atoms with E-state index in [1.165, 1.54) is 64.2 Å². The SMILES string of the molecule is CCCCCCCCOC(O)(CCC)OCCCCCCCC. The maximum Gasteiger partial charge on any atom is 0.280 e. The summed E-state index contributed by atoms with van der Waals surface area (Å²) in [6, 6.07) is 0. The maximum absolute atomic E-state index is 10.4. The number of hydrogen-bond donors (Lipinski definition) is 1. The van der Waals surface area contributed by atoms with Crippen molar-refractivity contribution >= 4 is 0 Å². The molecule has 140 valence electrons. The molecule has 0 spiro atoms. The van der Waals surface area contributed by atoms with Gasteiger partial charge in [-0.15, -0.1) is 0 Å². The van der Waals surface area contributed by atoms with Crippen LogP contribution in [0.15, 0.2) is 0 Å². The molecule has 0 aromatic heterocycles. The number of ether oxygens (including phenoxy) is 2. The highest BCUT2D eigenvalue weighted by molar-refractivity contribution is 4.55. The Kier molecular flexibility index (Phi) is 16.6. The minimum absolute atomic E-state index is 0.554. The van der Waals surface area contributed by atoms with Crippen molar-refractivity contribution in [1.82, 2.24) is 0 Å². The maximum atomic E-state index is 10.4. The Bertz CT molecular complexity index is 213. The van der Waals surface area contributed by atoms with E-state index in [1.54, 1.807) is 0 Å². The Morgan fingerprint density at radius 1 is 0.565 bits per heavy atom. The second-order valence-corrected chi connectivity index (χ2v) is 6.70. The van der Waals surface area contributed by atoms with Crippen LogP contribution in [-0.2, 0) is 9.47 Å². The third-order valence-corrected chi connectivity index (χ3v) is 4.22. The summed E-state index contributed by atoms with van der Waals surface area (Å²) in [6.45, 7) is 7.70. The topological polar surface area (TPSA) is 38.7 Å². The van der Waals surface area contributed by atoms with Crippen molar-refractivity contribution in [3.63, 3.8) is 0 Å². The van der Waals surface area contributed by atoms with Gasteiger partial charge in [0.1, 0.15) is 0 Å². The standard InChI is InChI=1S/C20H42O3/c1-4-7-9-11-13-15-18-22-20(21,17-6-3)23-19-16-14-12-10-8-5-2/h21H,4-19H2,1-3H3. The minimum atomic E-state index is -1.36. The summed E-state index contributed by atoms with van der Waals surface area (Å²) >= 11 is 0. The first-order valence-corrected chi connectivity index (χ1v) is 10.2. The van der Waals surface area contributed by atoms with Gasteiger partial charge < -0.3 is 14.6 Å². The molecule has 0 heterocycles. The summed E-state index contributed by atoms with van der Waals surface area (Å²) in [5.41, 5.74) is 0. The van der Waals surface area contributed by atoms with Crippen molar-refractivity contribution in [2.75, 3.05) is 13.2 Å². The highest BCUT2D eigenvalue weighted by atomic mass is 16.8. The summed E-state index contributed by atoms with van der Waals surface area (Å²) < 4.78 is 11.3. The highest BCUT2D eigenvalue weighted by Crippen LogP contribution is 2.19. The smallest absolute Gasteiger partial charge is 0.280 e. The van der Waals surface area contributed by atoms with Gasteiger partial charge in [-0.05, 0) is 19.3 Å². The Labute approximate surface area is 145 Å². The van der Waals surface area contributed by atoms with E-state index < -0.39 is 5.97 Å². The van der Waals surface area contributed by atoms with Crippen molar-refractivity contribution in [3.05, 3.63) is 0 Å². The normalized spacial score (nSPS) is 12.0. The van der Waals surface area contributed by atoms with Gasteiger partial charge in [-0.1, -0.05) is 85.0 Å². The zero-order valence-electron chi connectivity index (χ0n) is 16.1. The molecule has 0 aliphatic carbocycles. The molecule has 3 nitrogen and oxygen atoms in total. The average Bonchev–Trinajstić information content (AvgIpc) is 2.53. The second-order valence-electron chi connectivity index (χ2n) is 6.70. The monoisotopic (exact) mass is 330 g/mol. The zero-order valence-corrected chi connectivity index (χ0v) is 16.1. The summed E-state index contributed by atoms with van der Waals surface area (Å²) in [5, 5.41) is 10.4. The van der Waals surface area contributed by atoms with E-state index in [9.17, 15) is 5.11 Å². The molecule has 0 bridgehead atoms. The predicted molar refractivity (Wildman–Crippen MR) is 98.5 cm³/mol. The van der Waals surface area contributed by atoms with Crippen molar-refractivity contribution in [3.8, 4) is 0 Å². The molecule has 0 unspecified atom stereocenters. The Morgan fingerprint density at radius 3 is 1.35 bits per heavy atom. The zero-order chi connectivity index (χ0) is 17.2. The lowest BCUT2D eigenvalue weighted by molar-refractivity contribution is -0.363. The molecule has 0 rings (SSSR count). The van der Waals surface area contributed by atoms with Crippen LogP contribution in [0.4, 0.5) is 0 Å². The molecule has 23 heavy (non-hydrogen) atoms. The van der Waals surface area contributed by atoms with Crippen LogP contribution in [0.25, 0.3) is 0 Å². The van der Waals surface area contributed by atoms with Gasteiger partial charge in [0.15, 0.2) is 0 Å². The van der Waals surface area contributed by atoms with Crippen molar-refractivity contribution < 1.29 is 14.6 Å². The summed E-state index contributed by atoms with van der Waals surface area (Å²) in [4.78, 5) is 0. The molecule has 1 N–H and O–H groups in total. The van der Waals surface area contributed by atoms with Crippen LogP contribution in [0.1, 0.15) is 111 Å². The largest absolute Gasteiger partial charge is 0.343 e. The van der Waals surface area contributed by atoms with Crippen LogP contribution in [0.3, 0.4) is 0 Å². The number of hydrogen-bond acceptors (Lipinski definition) is 3. The molecule has 0 aromatic rings. The molecular weight excluding hydrogens is 288 g/mol. The molecule has 0 saturated heterocycles. The van der Waals surface area contributed by atoms with Crippen LogP contribution in [0.2, 0.25) is 0 Å². The molecule has 0 aliphatic heterocycles. The van der Waals surface area contributed by atoms with Crippen molar-refractivity contribution in [2.45, 2.75) is 117 Å². The number of unbranched alkanes of at least 4 members (excludes halogenated alkanes) is 10. The van der Waals surface area contributed by atoms with E-state index >= 15 is 0 Å². The Morgan fingerprint density at radius 2 is 0.957 bits per heavy atom. The van der Waals surface area contributed by atoms with Crippen LogP contribution in [0.5, 0.6) is 0 Å². The molecule has 3 heteroatoms. The first-order valence-electron chi connectivity index (χ1n) is 10.2. The number of rotatable bonds is 18. The highest BCUT2D eigenvalue weighted by Gasteiger charge is 2.27. The van der Waals surface area contributed by atoms with Gasteiger partial charge in [-0.2, -0.15) is 0 Å². The third-order valence-electron chi connectivity index (χ3n) is 4.22. The van der Waals surface area contributed by atoms with E-state index in [-0.39, 0.29) is 0 Å². The van der Waals surface area contributed by atoms with Gasteiger partial charge in [-0.25, -0.2) is 0 Å². The minimum Gasteiger partial charge on any atom is -0.343 e. The van der Waals surface area contributed by atoms with E-state index in [0.717, 1.165) is 19.3 Å². The lowest BCUT2D eigenvalue weighted by Gasteiger charge is -2.28. The Balaban J connectivity index is 3.69.